The van der Waals surface area contributed by atoms with Crippen LogP contribution in [0, 0.1) is 0 Å². The number of aromatic nitrogens is 1. The second kappa shape index (κ2) is 5.85. The largest absolute Gasteiger partial charge is 0.356 e. The van der Waals surface area contributed by atoms with Crippen molar-refractivity contribution in [3.05, 3.63) is 23.9 Å². The quantitative estimate of drug-likeness (QED) is 0.890. The van der Waals surface area contributed by atoms with Crippen molar-refractivity contribution in [1.82, 2.24) is 10.3 Å². The van der Waals surface area contributed by atoms with E-state index in [1.165, 1.54) is 19.3 Å². The van der Waals surface area contributed by atoms with E-state index < -0.39 is 0 Å². The van der Waals surface area contributed by atoms with Gasteiger partial charge >= 0.3 is 0 Å². The molecule has 0 aromatic carbocycles. The number of pyridine rings is 1. The van der Waals surface area contributed by atoms with Crippen LogP contribution in [0.25, 0.3) is 0 Å². The van der Waals surface area contributed by atoms with Crippen molar-refractivity contribution in [1.29, 1.82) is 0 Å². The van der Waals surface area contributed by atoms with Crippen LogP contribution < -0.4 is 10.2 Å². The highest BCUT2D eigenvalue weighted by Crippen LogP contribution is 2.21. The Morgan fingerprint density at radius 2 is 2.06 bits per heavy atom. The Balaban J connectivity index is 2.21. The molecule has 1 fully saturated rings. The van der Waals surface area contributed by atoms with E-state index in [2.05, 4.69) is 15.2 Å². The van der Waals surface area contributed by atoms with Crippen molar-refractivity contribution < 1.29 is 4.79 Å². The molecule has 1 N–H and O–H groups in total. The maximum absolute atomic E-state index is 12.1. The molecule has 98 valence electrons. The molecule has 0 atom stereocenters. The average molecular weight is 247 g/mol. The minimum atomic E-state index is -0.0290. The number of anilines is 1. The SMILES string of the molecule is CC(C)NC(=O)c1cccnc1N1CCCCC1. The van der Waals surface area contributed by atoms with E-state index >= 15 is 0 Å². The second-order valence-corrected chi connectivity index (χ2v) is 5.05. The van der Waals surface area contributed by atoms with Crippen LogP contribution in [0.3, 0.4) is 0 Å². The van der Waals surface area contributed by atoms with Gasteiger partial charge in [0.25, 0.3) is 5.91 Å². The Kier molecular flexibility index (Phi) is 4.18. The summed E-state index contributed by atoms with van der Waals surface area (Å²) in [6, 6.07) is 3.82. The topological polar surface area (TPSA) is 45.2 Å². The molecular formula is C14H21N3O. The van der Waals surface area contributed by atoms with E-state index in [1.807, 2.05) is 26.0 Å². The Morgan fingerprint density at radius 3 is 2.72 bits per heavy atom. The van der Waals surface area contributed by atoms with Gasteiger partial charge in [0, 0.05) is 25.3 Å². The molecule has 1 saturated heterocycles. The summed E-state index contributed by atoms with van der Waals surface area (Å²) in [6.45, 7) is 5.93. The number of piperidine rings is 1. The summed E-state index contributed by atoms with van der Waals surface area (Å²) in [5, 5.41) is 2.93. The summed E-state index contributed by atoms with van der Waals surface area (Å²) in [5.74, 6) is 0.800. The lowest BCUT2D eigenvalue weighted by Gasteiger charge is -2.29. The van der Waals surface area contributed by atoms with E-state index in [-0.39, 0.29) is 11.9 Å². The average Bonchev–Trinajstić information content (AvgIpc) is 2.39. The maximum Gasteiger partial charge on any atom is 0.255 e. The smallest absolute Gasteiger partial charge is 0.255 e. The molecular weight excluding hydrogens is 226 g/mol. The second-order valence-electron chi connectivity index (χ2n) is 5.05. The minimum absolute atomic E-state index is 0.0290. The van der Waals surface area contributed by atoms with E-state index in [0.29, 0.717) is 5.56 Å². The van der Waals surface area contributed by atoms with Gasteiger partial charge in [-0.3, -0.25) is 4.79 Å². The van der Waals surface area contributed by atoms with E-state index in [9.17, 15) is 4.79 Å². The van der Waals surface area contributed by atoms with Crippen molar-refractivity contribution in [2.75, 3.05) is 18.0 Å². The third kappa shape index (κ3) is 3.00. The van der Waals surface area contributed by atoms with Gasteiger partial charge in [0.05, 0.1) is 5.56 Å². The van der Waals surface area contributed by atoms with Gasteiger partial charge < -0.3 is 10.2 Å². The number of hydrogen-bond donors (Lipinski definition) is 1. The van der Waals surface area contributed by atoms with Crippen molar-refractivity contribution in [3.63, 3.8) is 0 Å². The zero-order chi connectivity index (χ0) is 13.0. The number of nitrogens with one attached hydrogen (secondary N) is 1. The first-order valence-electron chi connectivity index (χ1n) is 6.69. The van der Waals surface area contributed by atoms with Crippen LogP contribution >= 0.6 is 0 Å². The number of nitrogens with zero attached hydrogens (tertiary/aromatic N) is 2. The van der Waals surface area contributed by atoms with Crippen molar-refractivity contribution >= 4 is 11.7 Å². The first kappa shape index (κ1) is 12.9. The van der Waals surface area contributed by atoms with Gasteiger partial charge in [-0.1, -0.05) is 0 Å². The molecule has 0 spiro atoms. The lowest BCUT2D eigenvalue weighted by molar-refractivity contribution is 0.0943. The highest BCUT2D eigenvalue weighted by atomic mass is 16.1. The molecule has 1 aromatic rings. The molecule has 4 nitrogen and oxygen atoms in total. The van der Waals surface area contributed by atoms with Crippen LogP contribution in [-0.4, -0.2) is 30.0 Å². The molecule has 1 aliphatic rings. The van der Waals surface area contributed by atoms with Crippen molar-refractivity contribution in [3.8, 4) is 0 Å². The molecule has 1 aliphatic heterocycles. The molecule has 2 heterocycles. The Bertz CT molecular complexity index is 411. The summed E-state index contributed by atoms with van der Waals surface area (Å²) >= 11 is 0. The summed E-state index contributed by atoms with van der Waals surface area (Å²) in [6.07, 6.45) is 5.40. The molecule has 0 bridgehead atoms. The maximum atomic E-state index is 12.1. The van der Waals surface area contributed by atoms with Gasteiger partial charge in [-0.25, -0.2) is 4.98 Å². The first-order chi connectivity index (χ1) is 8.68. The van der Waals surface area contributed by atoms with Gasteiger partial charge in [0.2, 0.25) is 0 Å². The van der Waals surface area contributed by atoms with Crippen LogP contribution in [0.5, 0.6) is 0 Å². The Morgan fingerprint density at radius 1 is 1.33 bits per heavy atom. The summed E-state index contributed by atoms with van der Waals surface area (Å²) in [5.41, 5.74) is 0.688. The van der Waals surface area contributed by atoms with Crippen LogP contribution in [0.15, 0.2) is 18.3 Å². The third-order valence-electron chi connectivity index (χ3n) is 3.11. The molecule has 1 aromatic heterocycles. The minimum Gasteiger partial charge on any atom is -0.356 e. The first-order valence-corrected chi connectivity index (χ1v) is 6.69. The fourth-order valence-corrected chi connectivity index (χ4v) is 2.27. The third-order valence-corrected chi connectivity index (χ3v) is 3.11. The van der Waals surface area contributed by atoms with Gasteiger partial charge in [-0.05, 0) is 45.2 Å². The standard InChI is InChI=1S/C14H21N3O/c1-11(2)16-14(18)12-7-6-8-15-13(12)17-9-4-3-5-10-17/h6-8,11H,3-5,9-10H2,1-2H3,(H,16,18). The van der Waals surface area contributed by atoms with Gasteiger partial charge in [-0.2, -0.15) is 0 Å². The predicted octanol–water partition coefficient (Wildman–Crippen LogP) is 2.21. The Hall–Kier alpha value is -1.58. The number of rotatable bonds is 3. The van der Waals surface area contributed by atoms with Crippen LogP contribution in [0.4, 0.5) is 5.82 Å². The summed E-state index contributed by atoms with van der Waals surface area (Å²) in [4.78, 5) is 18.8. The molecule has 0 unspecified atom stereocenters. The number of hydrogen-bond acceptors (Lipinski definition) is 3. The number of amides is 1. The lowest BCUT2D eigenvalue weighted by atomic mass is 10.1. The molecule has 1 amide bonds. The summed E-state index contributed by atoms with van der Waals surface area (Å²) in [7, 11) is 0. The molecule has 0 radical (unpaired) electrons. The van der Waals surface area contributed by atoms with E-state index in [0.717, 1.165) is 18.9 Å². The highest BCUT2D eigenvalue weighted by Gasteiger charge is 2.19. The van der Waals surface area contributed by atoms with E-state index in [4.69, 9.17) is 0 Å². The fraction of sp³-hybridized carbons (Fsp3) is 0.571. The van der Waals surface area contributed by atoms with Crippen LogP contribution in [0.2, 0.25) is 0 Å². The lowest BCUT2D eigenvalue weighted by Crippen LogP contribution is -2.35. The molecule has 4 heteroatoms. The van der Waals surface area contributed by atoms with Gasteiger partial charge in [0.1, 0.15) is 5.82 Å². The fourth-order valence-electron chi connectivity index (χ4n) is 2.27. The summed E-state index contributed by atoms with van der Waals surface area (Å²) < 4.78 is 0. The van der Waals surface area contributed by atoms with Crippen LogP contribution in [-0.2, 0) is 0 Å². The van der Waals surface area contributed by atoms with Crippen molar-refractivity contribution in [2.45, 2.75) is 39.2 Å². The van der Waals surface area contributed by atoms with E-state index in [1.54, 1.807) is 6.20 Å². The number of carbonyl (C=O) groups is 1. The Labute approximate surface area is 108 Å². The normalized spacial score (nSPS) is 15.8. The zero-order valence-electron chi connectivity index (χ0n) is 11.1. The predicted molar refractivity (Wildman–Crippen MR) is 72.9 cm³/mol. The monoisotopic (exact) mass is 247 g/mol. The highest BCUT2D eigenvalue weighted by molar-refractivity contribution is 5.99. The molecule has 0 saturated carbocycles. The molecule has 0 aliphatic carbocycles. The van der Waals surface area contributed by atoms with Crippen LogP contribution in [0.1, 0.15) is 43.5 Å². The molecule has 18 heavy (non-hydrogen) atoms. The van der Waals surface area contributed by atoms with Crippen molar-refractivity contribution in [2.24, 2.45) is 0 Å². The molecule has 2 rings (SSSR count). The van der Waals surface area contributed by atoms with Gasteiger partial charge in [0.15, 0.2) is 0 Å². The zero-order valence-corrected chi connectivity index (χ0v) is 11.1. The van der Waals surface area contributed by atoms with Gasteiger partial charge in [-0.15, -0.1) is 0 Å². The number of carbonyl (C=O) groups excluding carboxylic acids is 1.